The molecule has 4 heterocycles. The van der Waals surface area contributed by atoms with E-state index in [4.69, 9.17) is 4.74 Å². The predicted octanol–water partition coefficient (Wildman–Crippen LogP) is 1.26. The van der Waals surface area contributed by atoms with Gasteiger partial charge in [0.05, 0.1) is 36.3 Å². The summed E-state index contributed by atoms with van der Waals surface area (Å²) < 4.78 is 8.03. The van der Waals surface area contributed by atoms with Gasteiger partial charge in [-0.25, -0.2) is 19.2 Å². The summed E-state index contributed by atoms with van der Waals surface area (Å²) in [5.74, 6) is -1.09. The standard InChI is InChI=1S/C19H23N5O4/c1-19(2,3)14-10-24-17(21-14)16-13(23(18(24)27)11-15(25)26)8-12(9-20-16)22-4-6-28-7-5-22/h8-10H,4-7,11H2,1-3H3,(H,25,26). The molecule has 1 saturated heterocycles. The smallest absolute Gasteiger partial charge is 0.335 e. The maximum Gasteiger partial charge on any atom is 0.335 e. The van der Waals surface area contributed by atoms with Gasteiger partial charge in [0.25, 0.3) is 0 Å². The molecular weight excluding hydrogens is 362 g/mol. The van der Waals surface area contributed by atoms with Crippen LogP contribution in [-0.2, 0) is 21.5 Å². The average Bonchev–Trinajstić information content (AvgIpc) is 3.11. The van der Waals surface area contributed by atoms with Gasteiger partial charge in [-0.15, -0.1) is 0 Å². The van der Waals surface area contributed by atoms with E-state index in [0.29, 0.717) is 29.9 Å². The number of aromatic nitrogens is 4. The van der Waals surface area contributed by atoms with Crippen molar-refractivity contribution in [1.82, 2.24) is 18.9 Å². The van der Waals surface area contributed by atoms with Crippen molar-refractivity contribution in [2.45, 2.75) is 32.7 Å². The van der Waals surface area contributed by atoms with E-state index >= 15 is 0 Å². The van der Waals surface area contributed by atoms with Crippen LogP contribution >= 0.6 is 0 Å². The molecule has 1 N–H and O–H groups in total. The first kappa shape index (κ1) is 18.4. The lowest BCUT2D eigenvalue weighted by atomic mass is 9.93. The molecule has 0 aromatic carbocycles. The Kier molecular flexibility index (Phi) is 4.34. The summed E-state index contributed by atoms with van der Waals surface area (Å²) in [6.07, 6.45) is 3.42. The third-order valence-electron chi connectivity index (χ3n) is 4.94. The Bertz CT molecular complexity index is 1120. The number of pyridine rings is 1. The fraction of sp³-hybridized carbons (Fsp3) is 0.474. The minimum atomic E-state index is -1.09. The quantitative estimate of drug-likeness (QED) is 0.724. The maximum absolute atomic E-state index is 13.1. The van der Waals surface area contributed by atoms with Crippen LogP contribution in [0.25, 0.3) is 16.7 Å². The molecule has 9 heteroatoms. The second kappa shape index (κ2) is 6.59. The second-order valence-electron chi connectivity index (χ2n) is 7.99. The Morgan fingerprint density at radius 2 is 2.00 bits per heavy atom. The number of hydrogen-bond acceptors (Lipinski definition) is 6. The fourth-order valence-electron chi connectivity index (χ4n) is 3.39. The van der Waals surface area contributed by atoms with E-state index in [1.165, 1.54) is 8.97 Å². The number of rotatable bonds is 3. The highest BCUT2D eigenvalue weighted by Crippen LogP contribution is 2.26. The van der Waals surface area contributed by atoms with Gasteiger partial charge in [0, 0.05) is 24.7 Å². The molecule has 0 radical (unpaired) electrons. The Morgan fingerprint density at radius 3 is 2.64 bits per heavy atom. The molecule has 0 atom stereocenters. The molecule has 0 aliphatic carbocycles. The molecule has 3 aromatic heterocycles. The first-order valence-corrected chi connectivity index (χ1v) is 9.22. The Labute approximate surface area is 161 Å². The van der Waals surface area contributed by atoms with Gasteiger partial charge in [0.2, 0.25) is 0 Å². The van der Waals surface area contributed by atoms with Crippen LogP contribution in [0.3, 0.4) is 0 Å². The van der Waals surface area contributed by atoms with E-state index < -0.39 is 18.2 Å². The summed E-state index contributed by atoms with van der Waals surface area (Å²) in [6.45, 7) is 8.27. The van der Waals surface area contributed by atoms with Crippen molar-refractivity contribution in [1.29, 1.82) is 0 Å². The van der Waals surface area contributed by atoms with E-state index in [2.05, 4.69) is 14.9 Å². The van der Waals surface area contributed by atoms with E-state index in [-0.39, 0.29) is 5.41 Å². The molecule has 0 bridgehead atoms. The van der Waals surface area contributed by atoms with Crippen LogP contribution in [0.2, 0.25) is 0 Å². The van der Waals surface area contributed by atoms with Gasteiger partial charge in [-0.1, -0.05) is 20.8 Å². The van der Waals surface area contributed by atoms with Crippen molar-refractivity contribution in [3.05, 3.63) is 34.6 Å². The lowest BCUT2D eigenvalue weighted by Gasteiger charge is -2.28. The van der Waals surface area contributed by atoms with Crippen molar-refractivity contribution >= 4 is 28.3 Å². The summed E-state index contributed by atoms with van der Waals surface area (Å²) in [5, 5.41) is 9.34. The lowest BCUT2D eigenvalue weighted by molar-refractivity contribution is -0.137. The number of imidazole rings is 1. The Morgan fingerprint density at radius 1 is 1.29 bits per heavy atom. The number of anilines is 1. The van der Waals surface area contributed by atoms with E-state index in [1.807, 2.05) is 26.8 Å². The summed E-state index contributed by atoms with van der Waals surface area (Å²) in [5.41, 5.74) is 2.31. The molecule has 148 valence electrons. The predicted molar refractivity (Wildman–Crippen MR) is 104 cm³/mol. The third kappa shape index (κ3) is 3.11. The number of nitrogens with zero attached hydrogens (tertiary/aromatic N) is 5. The summed E-state index contributed by atoms with van der Waals surface area (Å²) >= 11 is 0. The summed E-state index contributed by atoms with van der Waals surface area (Å²) in [7, 11) is 0. The number of hydrogen-bond donors (Lipinski definition) is 1. The van der Waals surface area contributed by atoms with Crippen LogP contribution in [0.4, 0.5) is 5.69 Å². The highest BCUT2D eigenvalue weighted by molar-refractivity contribution is 5.90. The lowest BCUT2D eigenvalue weighted by Crippen LogP contribution is -2.36. The second-order valence-corrected chi connectivity index (χ2v) is 7.99. The van der Waals surface area contributed by atoms with Crippen LogP contribution in [0.15, 0.2) is 23.3 Å². The summed E-state index contributed by atoms with van der Waals surface area (Å²) in [4.78, 5) is 35.8. The van der Waals surface area contributed by atoms with Crippen LogP contribution in [-0.4, -0.2) is 56.3 Å². The van der Waals surface area contributed by atoms with Crippen LogP contribution in [0.1, 0.15) is 26.5 Å². The number of carbonyl (C=O) groups is 1. The number of carboxylic acid groups (broad SMARTS) is 1. The molecule has 0 spiro atoms. The number of carboxylic acids is 1. The topological polar surface area (TPSA) is 102 Å². The third-order valence-corrected chi connectivity index (χ3v) is 4.94. The van der Waals surface area contributed by atoms with Crippen LogP contribution in [0.5, 0.6) is 0 Å². The molecule has 28 heavy (non-hydrogen) atoms. The average molecular weight is 385 g/mol. The molecule has 1 aliphatic rings. The highest BCUT2D eigenvalue weighted by Gasteiger charge is 2.23. The number of morpholine rings is 1. The molecule has 1 aliphatic heterocycles. The van der Waals surface area contributed by atoms with Gasteiger partial charge in [-0.2, -0.15) is 0 Å². The van der Waals surface area contributed by atoms with Crippen molar-refractivity contribution in [3.8, 4) is 0 Å². The molecule has 0 unspecified atom stereocenters. The Balaban J connectivity index is 2.00. The normalized spacial score (nSPS) is 15.5. The van der Waals surface area contributed by atoms with Gasteiger partial charge in [0.1, 0.15) is 12.1 Å². The van der Waals surface area contributed by atoms with Gasteiger partial charge in [-0.3, -0.25) is 9.36 Å². The number of aliphatic carboxylic acids is 1. The molecule has 0 amide bonds. The van der Waals surface area contributed by atoms with Crippen LogP contribution < -0.4 is 10.6 Å². The highest BCUT2D eigenvalue weighted by atomic mass is 16.5. The molecule has 3 aromatic rings. The monoisotopic (exact) mass is 385 g/mol. The zero-order valence-electron chi connectivity index (χ0n) is 16.2. The van der Waals surface area contributed by atoms with E-state index in [9.17, 15) is 14.7 Å². The van der Waals surface area contributed by atoms with Gasteiger partial charge >= 0.3 is 11.7 Å². The van der Waals surface area contributed by atoms with Crippen molar-refractivity contribution < 1.29 is 14.6 Å². The Hall–Kier alpha value is -2.94. The minimum absolute atomic E-state index is 0.254. The maximum atomic E-state index is 13.1. The molecule has 9 nitrogen and oxygen atoms in total. The molecule has 0 saturated carbocycles. The minimum Gasteiger partial charge on any atom is -0.480 e. The number of ether oxygens (including phenoxy) is 1. The van der Waals surface area contributed by atoms with Crippen molar-refractivity contribution in [2.24, 2.45) is 0 Å². The fourth-order valence-corrected chi connectivity index (χ4v) is 3.39. The van der Waals surface area contributed by atoms with Crippen molar-refractivity contribution in [2.75, 3.05) is 31.2 Å². The van der Waals surface area contributed by atoms with Gasteiger partial charge in [-0.05, 0) is 6.07 Å². The largest absolute Gasteiger partial charge is 0.480 e. The molecular formula is C19H23N5O4. The van der Waals surface area contributed by atoms with Crippen molar-refractivity contribution in [3.63, 3.8) is 0 Å². The first-order chi connectivity index (χ1) is 13.3. The summed E-state index contributed by atoms with van der Waals surface area (Å²) in [6, 6.07) is 1.82. The van der Waals surface area contributed by atoms with E-state index in [0.717, 1.165) is 24.5 Å². The van der Waals surface area contributed by atoms with E-state index in [1.54, 1.807) is 12.4 Å². The van der Waals surface area contributed by atoms with Gasteiger partial charge < -0.3 is 14.7 Å². The van der Waals surface area contributed by atoms with Gasteiger partial charge in [0.15, 0.2) is 5.65 Å². The van der Waals surface area contributed by atoms with Crippen LogP contribution in [0, 0.1) is 0 Å². The zero-order chi connectivity index (χ0) is 20.1. The zero-order valence-corrected chi connectivity index (χ0v) is 16.2. The molecule has 4 rings (SSSR count). The molecule has 1 fully saturated rings. The number of fused-ring (bicyclic) bond motifs is 3. The first-order valence-electron chi connectivity index (χ1n) is 9.22. The SMILES string of the molecule is CC(C)(C)c1cn2c(=O)n(CC(=O)O)c3cc(N4CCOCC4)cnc3c2n1.